The van der Waals surface area contributed by atoms with Gasteiger partial charge in [-0.05, 0) is 223 Å². The normalized spacial score (nSPS) is 14.7. The average molecular weight is 1310 g/mol. The van der Waals surface area contributed by atoms with Gasteiger partial charge in [0, 0.05) is 33.9 Å². The molecule has 4 nitrogen and oxygen atoms in total. The van der Waals surface area contributed by atoms with Crippen molar-refractivity contribution < 1.29 is 35.8 Å². The van der Waals surface area contributed by atoms with Crippen molar-refractivity contribution in [1.82, 2.24) is 0 Å². The molecule has 0 bridgehead atoms. The van der Waals surface area contributed by atoms with Crippen LogP contribution in [0.4, 0.5) is 60.5 Å². The summed E-state index contributed by atoms with van der Waals surface area (Å²) in [6, 6.07) is 92.3. The number of nitrogens with zero attached hydrogens (tertiary/aromatic N) is 2. The molecule has 0 heterocycles. The van der Waals surface area contributed by atoms with Gasteiger partial charge in [-0.1, -0.05) is 195 Å². The first-order valence-electron chi connectivity index (χ1n) is 32.6. The van der Waals surface area contributed by atoms with Gasteiger partial charge in [-0.3, -0.25) is 0 Å². The molecule has 0 radical (unpaired) electrons. The Bertz CT molecular complexity index is 5110. The number of halogens is 6. The second kappa shape index (κ2) is 25.4. The standard InChI is InChI=1S/C90H58F6N2O2/c1-3-57-27-45-67(46-28-57)99-69-49-35-61(36-50-69)89(87-81(93)21-13-22-82(87)94)75-17-7-5-15-71(75)73-53-43-65(55-77(73)89)97(85-25-11-9-19-79(85)91)63-39-31-59(32-40-63)60-33-41-64(42-34-60)98(86-26-12-10-20-80(86)92)66-44-54-74-72-16-6-8-18-76(72)90(78(74)56-66,88-83(95)23-14-24-84(88)96)62-37-51-70(52-38-62)100-68-47-29-58(4-2)30-48-68/h3-56H,1-2H2. The maximum Gasteiger partial charge on any atom is 0.147 e. The van der Waals surface area contributed by atoms with Crippen LogP contribution in [0.25, 0.3) is 45.5 Å². The van der Waals surface area contributed by atoms with Gasteiger partial charge in [0.25, 0.3) is 0 Å². The lowest BCUT2D eigenvalue weighted by atomic mass is 9.67. The number of rotatable bonds is 17. The van der Waals surface area contributed by atoms with E-state index in [1.165, 1.54) is 48.5 Å². The second-order valence-electron chi connectivity index (χ2n) is 24.7. The Kier molecular flexibility index (Phi) is 15.8. The van der Waals surface area contributed by atoms with Crippen molar-refractivity contribution in [3.8, 4) is 56.4 Å². The molecule has 0 saturated carbocycles. The minimum atomic E-state index is -1.55. The summed E-state index contributed by atoms with van der Waals surface area (Å²) in [4.78, 5) is 3.60. The summed E-state index contributed by atoms with van der Waals surface area (Å²) in [6.45, 7) is 7.70. The Labute approximate surface area is 575 Å². The lowest BCUT2D eigenvalue weighted by Crippen LogP contribution is -2.31. The summed E-state index contributed by atoms with van der Waals surface area (Å²) in [5.74, 6) is -1.73. The monoisotopic (exact) mass is 1310 g/mol. The first-order chi connectivity index (χ1) is 48.9. The molecule has 0 fully saturated rings. The van der Waals surface area contributed by atoms with Crippen LogP contribution in [0.5, 0.6) is 23.0 Å². The minimum absolute atomic E-state index is 0.162. The number of hydrogen-bond donors (Lipinski definition) is 0. The van der Waals surface area contributed by atoms with Crippen molar-refractivity contribution in [3.63, 3.8) is 0 Å². The van der Waals surface area contributed by atoms with Crippen LogP contribution in [0.1, 0.15) is 55.6 Å². The molecule has 16 rings (SSSR count). The predicted molar refractivity (Wildman–Crippen MR) is 389 cm³/mol. The molecule has 2 unspecified atom stereocenters. The van der Waals surface area contributed by atoms with Crippen molar-refractivity contribution in [2.75, 3.05) is 9.80 Å². The topological polar surface area (TPSA) is 24.9 Å². The fraction of sp³-hybridized carbons (Fsp3) is 0.0222. The summed E-state index contributed by atoms with van der Waals surface area (Å²) in [5.41, 5.74) is 9.42. The van der Waals surface area contributed by atoms with Gasteiger partial charge in [-0.25, -0.2) is 26.3 Å². The van der Waals surface area contributed by atoms with Gasteiger partial charge in [0.2, 0.25) is 0 Å². The summed E-state index contributed by atoms with van der Waals surface area (Å²) in [6.07, 6.45) is 3.50. The van der Waals surface area contributed by atoms with E-state index < -0.39 is 45.7 Å². The van der Waals surface area contributed by atoms with Gasteiger partial charge < -0.3 is 19.3 Å². The van der Waals surface area contributed by atoms with E-state index in [1.54, 1.807) is 82.6 Å². The molecule has 482 valence electrons. The number of fused-ring (bicyclic) bond motifs is 6. The summed E-state index contributed by atoms with van der Waals surface area (Å²) in [7, 11) is 0. The van der Waals surface area contributed by atoms with Crippen molar-refractivity contribution in [2.45, 2.75) is 10.8 Å². The zero-order valence-corrected chi connectivity index (χ0v) is 53.6. The molecule has 100 heavy (non-hydrogen) atoms. The highest BCUT2D eigenvalue weighted by Crippen LogP contribution is 2.61. The van der Waals surface area contributed by atoms with Crippen LogP contribution in [0, 0.1) is 34.9 Å². The first-order valence-corrected chi connectivity index (χ1v) is 32.6. The molecular weight excluding hydrogens is 1250 g/mol. The zero-order valence-electron chi connectivity index (χ0n) is 53.6. The Balaban J connectivity index is 0.779. The number of ether oxygens (including phenoxy) is 2. The highest BCUT2D eigenvalue weighted by molar-refractivity contribution is 5.92. The molecule has 14 aromatic carbocycles. The number of para-hydroxylation sites is 2. The summed E-state index contributed by atoms with van der Waals surface area (Å²) in [5, 5.41) is 0. The maximum absolute atomic E-state index is 17.0. The predicted octanol–water partition coefficient (Wildman–Crippen LogP) is 24.7. The van der Waals surface area contributed by atoms with Crippen LogP contribution in [0.15, 0.2) is 329 Å². The van der Waals surface area contributed by atoms with Crippen molar-refractivity contribution in [3.05, 3.63) is 419 Å². The Morgan fingerprint density at radius 2 is 0.570 bits per heavy atom. The first kappa shape index (κ1) is 62.2. The molecule has 2 aliphatic carbocycles. The van der Waals surface area contributed by atoms with Gasteiger partial charge in [0.15, 0.2) is 0 Å². The fourth-order valence-corrected chi connectivity index (χ4v) is 14.9. The van der Waals surface area contributed by atoms with Crippen molar-refractivity contribution >= 4 is 46.3 Å². The minimum Gasteiger partial charge on any atom is -0.457 e. The molecule has 0 amide bonds. The fourth-order valence-electron chi connectivity index (χ4n) is 14.9. The van der Waals surface area contributed by atoms with Gasteiger partial charge in [0.1, 0.15) is 57.9 Å². The van der Waals surface area contributed by atoms with E-state index in [9.17, 15) is 0 Å². The number of benzene rings is 14. The second-order valence-corrected chi connectivity index (χ2v) is 24.7. The van der Waals surface area contributed by atoms with Crippen LogP contribution in [0.3, 0.4) is 0 Å². The summed E-state index contributed by atoms with van der Waals surface area (Å²) < 4.78 is 114. The van der Waals surface area contributed by atoms with Gasteiger partial charge >= 0.3 is 0 Å². The quantitative estimate of drug-likeness (QED) is 0.0849. The van der Waals surface area contributed by atoms with E-state index in [0.29, 0.717) is 79.1 Å². The third-order valence-corrected chi connectivity index (χ3v) is 19.3. The van der Waals surface area contributed by atoms with E-state index >= 15 is 26.3 Å². The SMILES string of the molecule is C=Cc1ccc(Oc2ccc(C3(c4c(F)cccc4F)c4ccccc4-c4ccc(N(c5ccc(-c6ccc(N(c7ccc8c(c7)C(c7ccc(Oc9ccc(C=C)cc9)cc7)(c7c(F)cccc7F)c7ccccc7-8)c7ccccc7F)cc6)cc5)c5ccccc5F)cc43)cc2)cc1. The Morgan fingerprint density at radius 1 is 0.270 bits per heavy atom. The van der Waals surface area contributed by atoms with Crippen LogP contribution >= 0.6 is 0 Å². The van der Waals surface area contributed by atoms with E-state index in [2.05, 4.69) is 13.2 Å². The van der Waals surface area contributed by atoms with E-state index in [1.807, 2.05) is 206 Å². The number of hydrogen-bond acceptors (Lipinski definition) is 4. The lowest BCUT2D eigenvalue weighted by Gasteiger charge is -2.35. The highest BCUT2D eigenvalue weighted by Gasteiger charge is 2.51. The molecule has 0 N–H and O–H groups in total. The third kappa shape index (κ3) is 10.4. The molecule has 2 atom stereocenters. The summed E-state index contributed by atoms with van der Waals surface area (Å²) >= 11 is 0. The van der Waals surface area contributed by atoms with E-state index in [4.69, 9.17) is 9.47 Å². The molecule has 0 spiro atoms. The largest absolute Gasteiger partial charge is 0.457 e. The van der Waals surface area contributed by atoms with E-state index in [-0.39, 0.29) is 22.5 Å². The highest BCUT2D eigenvalue weighted by atomic mass is 19.2. The van der Waals surface area contributed by atoms with Crippen LogP contribution < -0.4 is 19.3 Å². The molecule has 14 aromatic rings. The van der Waals surface area contributed by atoms with Crippen LogP contribution in [-0.2, 0) is 10.8 Å². The van der Waals surface area contributed by atoms with Crippen molar-refractivity contribution in [2.24, 2.45) is 0 Å². The Hall–Kier alpha value is -12.7. The molecule has 0 saturated heterocycles. The molecule has 10 heteroatoms. The van der Waals surface area contributed by atoms with Gasteiger partial charge in [0.05, 0.1) is 22.2 Å². The third-order valence-electron chi connectivity index (χ3n) is 19.3. The average Bonchev–Trinajstić information content (AvgIpc) is 1.53. The number of anilines is 6. The van der Waals surface area contributed by atoms with Crippen LogP contribution in [0.2, 0.25) is 0 Å². The molecule has 0 aromatic heterocycles. The Morgan fingerprint density at radius 3 is 0.920 bits per heavy atom. The molecule has 0 aliphatic heterocycles. The van der Waals surface area contributed by atoms with Crippen LogP contribution in [-0.4, -0.2) is 0 Å². The lowest BCUT2D eigenvalue weighted by molar-refractivity contribution is 0.481. The van der Waals surface area contributed by atoms with Crippen molar-refractivity contribution in [1.29, 1.82) is 0 Å². The maximum atomic E-state index is 17.0. The van der Waals surface area contributed by atoms with E-state index in [0.717, 1.165) is 44.5 Å². The van der Waals surface area contributed by atoms with Gasteiger partial charge in [-0.2, -0.15) is 0 Å². The van der Waals surface area contributed by atoms with Gasteiger partial charge in [-0.15, -0.1) is 0 Å². The zero-order chi connectivity index (χ0) is 68.2. The molecular formula is C90H58F6N2O2. The molecule has 2 aliphatic rings. The smallest absolute Gasteiger partial charge is 0.147 e.